The molecule has 0 saturated carbocycles. The van der Waals surface area contributed by atoms with Crippen LogP contribution in [0, 0.1) is 13.8 Å². The highest BCUT2D eigenvalue weighted by Crippen LogP contribution is 2.14. The van der Waals surface area contributed by atoms with Crippen molar-refractivity contribution in [1.29, 1.82) is 0 Å². The fourth-order valence-electron chi connectivity index (χ4n) is 1.34. The van der Waals surface area contributed by atoms with Crippen molar-refractivity contribution in [3.63, 3.8) is 0 Å². The minimum absolute atomic E-state index is 0. The Morgan fingerprint density at radius 1 is 1.17 bits per heavy atom. The number of hydrogen-bond donors (Lipinski definition) is 0. The molecule has 0 radical (unpaired) electrons. The quantitative estimate of drug-likeness (QED) is 0.549. The van der Waals surface area contributed by atoms with Gasteiger partial charge in [0.15, 0.2) is 0 Å². The number of halogens is 1. The van der Waals surface area contributed by atoms with Gasteiger partial charge in [0.1, 0.15) is 0 Å². The van der Waals surface area contributed by atoms with Gasteiger partial charge in [-0.3, -0.25) is 0 Å². The van der Waals surface area contributed by atoms with E-state index in [1.165, 1.54) is 16.7 Å². The van der Waals surface area contributed by atoms with Crippen molar-refractivity contribution in [2.24, 2.45) is 0 Å². The molecule has 0 atom stereocenters. The molecule has 12 heavy (non-hydrogen) atoms. The Hall–Kier alpha value is 0.466. The Kier molecular flexibility index (Phi) is 6.24. The lowest BCUT2D eigenvalue weighted by atomic mass is 10.0. The molecule has 0 nitrogen and oxygen atoms in total. The van der Waals surface area contributed by atoms with Crippen molar-refractivity contribution in [2.45, 2.75) is 20.3 Å². The molecule has 0 unspecified atom stereocenters. The number of alkyl halides is 1. The summed E-state index contributed by atoms with van der Waals surface area (Å²) in [5, 5.41) is 1.05. The first-order valence-electron chi connectivity index (χ1n) is 3.86. The van der Waals surface area contributed by atoms with E-state index in [0.29, 0.717) is 0 Å². The minimum Gasteiger partial charge on any atom is -0.0924 e. The zero-order valence-corrected chi connectivity index (χ0v) is 8.61. The van der Waals surface area contributed by atoms with Gasteiger partial charge in [-0.15, -0.1) is 0 Å². The monoisotopic (exact) mass is 238 g/mol. The summed E-state index contributed by atoms with van der Waals surface area (Å²) in [5.41, 5.74) is 4.30. The van der Waals surface area contributed by atoms with Crippen molar-refractivity contribution in [3.05, 3.63) is 34.9 Å². The smallest absolute Gasteiger partial charge is 0.0924 e. The molecule has 0 heterocycles. The maximum Gasteiger partial charge on any atom is 0.316 e. The fourth-order valence-corrected chi connectivity index (χ4v) is 1.73. The second kappa shape index (κ2) is 6.00. The van der Waals surface area contributed by atoms with E-state index >= 15 is 0 Å². The van der Waals surface area contributed by atoms with Gasteiger partial charge in [-0.05, 0) is 37.0 Å². The Labute approximate surface area is 99.0 Å². The topological polar surface area (TPSA) is 0 Å². The van der Waals surface area contributed by atoms with Gasteiger partial charge in [0, 0.05) is 5.33 Å². The number of hydrogen-bond acceptors (Lipinski definition) is 0. The van der Waals surface area contributed by atoms with Crippen LogP contribution < -0.4 is 0 Å². The average Bonchev–Trinajstić information content (AvgIpc) is 1.97. The van der Waals surface area contributed by atoms with Crippen LogP contribution in [-0.2, 0) is 6.42 Å². The fraction of sp³-hybridized carbons (Fsp3) is 0.400. The molecule has 0 amide bonds. The molecule has 64 valence electrons. The third kappa shape index (κ3) is 3.07. The van der Waals surface area contributed by atoms with Crippen LogP contribution in [0.5, 0.6) is 0 Å². The summed E-state index contributed by atoms with van der Waals surface area (Å²) in [6, 6.07) is 6.46. The standard InChI is InChI=1S/C10H13Br.Mg.2H/c1-8-4-3-5-9(2)10(8)6-7-11;;;/h3-5H,6-7H2,1-2H3;;;. The van der Waals surface area contributed by atoms with Crippen LogP contribution in [0.15, 0.2) is 18.2 Å². The molecule has 1 aromatic rings. The number of benzene rings is 1. The maximum atomic E-state index is 3.45. The molecule has 2 heteroatoms. The Balaban J connectivity index is 0.00000121. The van der Waals surface area contributed by atoms with Crippen LogP contribution in [0.25, 0.3) is 0 Å². The van der Waals surface area contributed by atoms with Crippen LogP contribution >= 0.6 is 15.9 Å². The number of aryl methyl sites for hydroxylation is 2. The number of rotatable bonds is 2. The molecule has 0 N–H and O–H groups in total. The highest BCUT2D eigenvalue weighted by Gasteiger charge is 1.99. The van der Waals surface area contributed by atoms with Gasteiger partial charge in [-0.2, -0.15) is 0 Å². The highest BCUT2D eigenvalue weighted by atomic mass is 79.9. The van der Waals surface area contributed by atoms with Crippen molar-refractivity contribution in [1.82, 2.24) is 0 Å². The van der Waals surface area contributed by atoms with Gasteiger partial charge in [0.05, 0.1) is 0 Å². The van der Waals surface area contributed by atoms with Gasteiger partial charge < -0.3 is 0 Å². The molecule has 0 bridgehead atoms. The normalized spacial score (nSPS) is 9.25. The van der Waals surface area contributed by atoms with Crippen LogP contribution in [0.4, 0.5) is 0 Å². The first-order valence-corrected chi connectivity index (χ1v) is 4.99. The van der Waals surface area contributed by atoms with E-state index in [0.717, 1.165) is 11.8 Å². The molecular weight excluding hydrogens is 224 g/mol. The summed E-state index contributed by atoms with van der Waals surface area (Å²) >= 11 is 3.45. The first-order chi connectivity index (χ1) is 5.25. The molecule has 0 aliphatic heterocycles. The molecule has 0 aliphatic carbocycles. The van der Waals surface area contributed by atoms with Crippen molar-refractivity contribution >= 4 is 39.0 Å². The molecule has 0 aromatic heterocycles. The Bertz CT molecular complexity index is 225. The van der Waals surface area contributed by atoms with E-state index in [1.807, 2.05) is 0 Å². The van der Waals surface area contributed by atoms with Crippen LogP contribution in [0.1, 0.15) is 16.7 Å². The van der Waals surface area contributed by atoms with Crippen LogP contribution in [0.3, 0.4) is 0 Å². The molecular formula is C10H15BrMg. The molecule has 1 rings (SSSR count). The van der Waals surface area contributed by atoms with Gasteiger partial charge in [-0.1, -0.05) is 34.1 Å². The zero-order chi connectivity index (χ0) is 8.27. The van der Waals surface area contributed by atoms with Gasteiger partial charge in [0.25, 0.3) is 0 Å². The minimum atomic E-state index is 0. The largest absolute Gasteiger partial charge is 0.316 e. The van der Waals surface area contributed by atoms with Gasteiger partial charge in [-0.25, -0.2) is 0 Å². The Morgan fingerprint density at radius 2 is 1.67 bits per heavy atom. The van der Waals surface area contributed by atoms with E-state index in [-0.39, 0.29) is 23.1 Å². The van der Waals surface area contributed by atoms with E-state index in [2.05, 4.69) is 48.0 Å². The van der Waals surface area contributed by atoms with E-state index < -0.39 is 0 Å². The lowest BCUT2D eigenvalue weighted by Crippen LogP contribution is -1.93. The summed E-state index contributed by atoms with van der Waals surface area (Å²) in [4.78, 5) is 0. The Morgan fingerprint density at radius 3 is 2.08 bits per heavy atom. The second-order valence-corrected chi connectivity index (χ2v) is 3.60. The molecule has 1 aromatic carbocycles. The summed E-state index contributed by atoms with van der Waals surface area (Å²) in [5.74, 6) is 0. The highest BCUT2D eigenvalue weighted by molar-refractivity contribution is 9.09. The van der Waals surface area contributed by atoms with Crippen molar-refractivity contribution in [3.8, 4) is 0 Å². The predicted molar refractivity (Wildman–Crippen MR) is 62.0 cm³/mol. The second-order valence-electron chi connectivity index (χ2n) is 2.81. The first kappa shape index (κ1) is 12.5. The molecule has 0 fully saturated rings. The summed E-state index contributed by atoms with van der Waals surface area (Å²) < 4.78 is 0. The predicted octanol–water partition coefficient (Wildman–Crippen LogP) is 2.32. The third-order valence-corrected chi connectivity index (χ3v) is 2.39. The SMILES string of the molecule is Cc1cccc(C)c1CCBr.[MgH2]. The molecule has 0 saturated heterocycles. The van der Waals surface area contributed by atoms with E-state index in [9.17, 15) is 0 Å². The summed E-state index contributed by atoms with van der Waals surface area (Å²) in [7, 11) is 0. The van der Waals surface area contributed by atoms with Crippen LogP contribution in [-0.4, -0.2) is 28.4 Å². The van der Waals surface area contributed by atoms with Gasteiger partial charge >= 0.3 is 23.1 Å². The maximum absolute atomic E-state index is 3.45. The lowest BCUT2D eigenvalue weighted by Gasteiger charge is -2.06. The van der Waals surface area contributed by atoms with E-state index in [4.69, 9.17) is 0 Å². The summed E-state index contributed by atoms with van der Waals surface area (Å²) in [6.45, 7) is 4.34. The van der Waals surface area contributed by atoms with E-state index in [1.54, 1.807) is 0 Å². The summed E-state index contributed by atoms with van der Waals surface area (Å²) in [6.07, 6.45) is 1.14. The lowest BCUT2D eigenvalue weighted by molar-refractivity contribution is 1.10. The third-order valence-electron chi connectivity index (χ3n) is 1.99. The van der Waals surface area contributed by atoms with Crippen molar-refractivity contribution in [2.75, 3.05) is 5.33 Å². The van der Waals surface area contributed by atoms with Crippen molar-refractivity contribution < 1.29 is 0 Å². The molecule has 0 aliphatic rings. The van der Waals surface area contributed by atoms with Gasteiger partial charge in [0.2, 0.25) is 0 Å². The average molecular weight is 239 g/mol. The van der Waals surface area contributed by atoms with Crippen LogP contribution in [0.2, 0.25) is 0 Å². The zero-order valence-electron chi connectivity index (χ0n) is 7.02. The molecule has 0 spiro atoms.